The summed E-state index contributed by atoms with van der Waals surface area (Å²) in [4.78, 5) is 8.48. The number of hydrogen-bond acceptors (Lipinski definition) is 4. The summed E-state index contributed by atoms with van der Waals surface area (Å²) in [5.74, 6) is 0.641. The molecule has 21 heavy (non-hydrogen) atoms. The van der Waals surface area contributed by atoms with Gasteiger partial charge in [0.25, 0.3) is 0 Å². The van der Waals surface area contributed by atoms with Crippen LogP contribution in [0.5, 0.6) is 11.8 Å². The first-order valence-electron chi connectivity index (χ1n) is 6.55. The molecule has 0 saturated heterocycles. The zero-order chi connectivity index (χ0) is 14.5. The summed E-state index contributed by atoms with van der Waals surface area (Å²) in [6.45, 7) is 0.726. The monoisotopic (exact) mass is 300 g/mol. The fourth-order valence-electron chi connectivity index (χ4n) is 1.87. The number of aromatic nitrogens is 2. The molecular weight excluding hydrogens is 288 g/mol. The van der Waals surface area contributed by atoms with E-state index in [1.165, 1.54) is 0 Å². The van der Waals surface area contributed by atoms with Gasteiger partial charge in [-0.25, -0.2) is 4.98 Å². The number of fused-ring (bicyclic) bond motifs is 1. The Morgan fingerprint density at radius 3 is 2.57 bits per heavy atom. The Bertz CT molecular complexity index is 749. The van der Waals surface area contributed by atoms with Gasteiger partial charge in [-0.2, -0.15) is 4.98 Å². The van der Waals surface area contributed by atoms with Gasteiger partial charge in [0.1, 0.15) is 19.0 Å². The van der Waals surface area contributed by atoms with Gasteiger partial charge in [-0.15, -0.1) is 0 Å². The lowest BCUT2D eigenvalue weighted by molar-refractivity contribution is 0.206. The van der Waals surface area contributed by atoms with E-state index in [1.54, 1.807) is 12.3 Å². The zero-order valence-electron chi connectivity index (χ0n) is 11.2. The third-order valence-electron chi connectivity index (χ3n) is 2.88. The number of hydrogen-bond donors (Lipinski definition) is 0. The van der Waals surface area contributed by atoms with E-state index < -0.39 is 0 Å². The lowest BCUT2D eigenvalue weighted by atomic mass is 10.2. The molecule has 5 heteroatoms. The average Bonchev–Trinajstić information content (AvgIpc) is 2.53. The SMILES string of the molecule is Clc1ccccc1OCCOc1ncc2ccccc2n1. The fourth-order valence-corrected chi connectivity index (χ4v) is 2.06. The Labute approximate surface area is 127 Å². The minimum atomic E-state index is 0.344. The lowest BCUT2D eigenvalue weighted by Gasteiger charge is -2.08. The highest BCUT2D eigenvalue weighted by atomic mass is 35.5. The van der Waals surface area contributed by atoms with E-state index in [0.29, 0.717) is 30.0 Å². The molecule has 4 nitrogen and oxygen atoms in total. The summed E-state index contributed by atoms with van der Waals surface area (Å²) in [6, 6.07) is 15.4. The lowest BCUT2D eigenvalue weighted by Crippen LogP contribution is -2.10. The Morgan fingerprint density at radius 2 is 1.67 bits per heavy atom. The number of halogens is 1. The van der Waals surface area contributed by atoms with Gasteiger partial charge in [-0.1, -0.05) is 41.9 Å². The van der Waals surface area contributed by atoms with Gasteiger partial charge in [-0.3, -0.25) is 0 Å². The van der Waals surface area contributed by atoms with Gasteiger partial charge in [0.15, 0.2) is 0 Å². The second kappa shape index (κ2) is 6.41. The standard InChI is InChI=1S/C16H13ClN2O2/c17-13-6-2-4-8-15(13)20-9-10-21-16-18-11-12-5-1-3-7-14(12)19-16/h1-8,11H,9-10H2. The molecule has 0 aliphatic heterocycles. The number of benzene rings is 2. The summed E-state index contributed by atoms with van der Waals surface area (Å²) in [6.07, 6.45) is 1.74. The second-order valence-corrected chi connectivity index (χ2v) is 4.75. The number of para-hydroxylation sites is 2. The predicted octanol–water partition coefficient (Wildman–Crippen LogP) is 3.74. The van der Waals surface area contributed by atoms with Crippen LogP contribution in [0, 0.1) is 0 Å². The minimum Gasteiger partial charge on any atom is -0.488 e. The van der Waals surface area contributed by atoms with Crippen LogP contribution in [-0.2, 0) is 0 Å². The molecule has 0 bridgehead atoms. The number of rotatable bonds is 5. The van der Waals surface area contributed by atoms with E-state index in [9.17, 15) is 0 Å². The smallest absolute Gasteiger partial charge is 0.317 e. The molecule has 3 rings (SSSR count). The molecule has 1 aromatic heterocycles. The van der Waals surface area contributed by atoms with Gasteiger partial charge >= 0.3 is 6.01 Å². The van der Waals surface area contributed by atoms with Crippen molar-refractivity contribution in [2.45, 2.75) is 0 Å². The van der Waals surface area contributed by atoms with Crippen LogP contribution < -0.4 is 9.47 Å². The Morgan fingerprint density at radius 1 is 0.905 bits per heavy atom. The molecule has 2 aromatic carbocycles. The van der Waals surface area contributed by atoms with Crippen LogP contribution in [0.4, 0.5) is 0 Å². The van der Waals surface area contributed by atoms with Crippen molar-refractivity contribution in [3.05, 3.63) is 59.8 Å². The molecule has 0 amide bonds. The van der Waals surface area contributed by atoms with Crippen molar-refractivity contribution < 1.29 is 9.47 Å². The van der Waals surface area contributed by atoms with Gasteiger partial charge in [0.05, 0.1) is 10.5 Å². The summed E-state index contributed by atoms with van der Waals surface area (Å²) in [7, 11) is 0. The van der Waals surface area contributed by atoms with Crippen LogP contribution in [0.3, 0.4) is 0 Å². The normalized spacial score (nSPS) is 10.5. The second-order valence-electron chi connectivity index (χ2n) is 4.34. The van der Waals surface area contributed by atoms with E-state index in [1.807, 2.05) is 42.5 Å². The molecule has 0 radical (unpaired) electrons. The molecule has 1 heterocycles. The molecule has 0 fully saturated rings. The molecule has 0 saturated carbocycles. The fraction of sp³-hybridized carbons (Fsp3) is 0.125. The Kier molecular flexibility index (Phi) is 4.17. The average molecular weight is 301 g/mol. The summed E-state index contributed by atoms with van der Waals surface area (Å²) in [5, 5.41) is 1.57. The zero-order valence-corrected chi connectivity index (χ0v) is 12.0. The maximum absolute atomic E-state index is 6.00. The van der Waals surface area contributed by atoms with Crippen molar-refractivity contribution in [2.24, 2.45) is 0 Å². The summed E-state index contributed by atoms with van der Waals surface area (Å²) < 4.78 is 11.0. The van der Waals surface area contributed by atoms with Crippen LogP contribution in [-0.4, -0.2) is 23.2 Å². The Hall–Kier alpha value is -2.33. The van der Waals surface area contributed by atoms with Crippen molar-refractivity contribution in [1.82, 2.24) is 9.97 Å². The van der Waals surface area contributed by atoms with Crippen LogP contribution in [0.15, 0.2) is 54.7 Å². The number of nitrogens with zero attached hydrogens (tertiary/aromatic N) is 2. The highest BCUT2D eigenvalue weighted by Crippen LogP contribution is 2.22. The van der Waals surface area contributed by atoms with Crippen molar-refractivity contribution in [2.75, 3.05) is 13.2 Å². The Balaban J connectivity index is 1.56. The van der Waals surface area contributed by atoms with Crippen molar-refractivity contribution >= 4 is 22.5 Å². The van der Waals surface area contributed by atoms with Crippen molar-refractivity contribution in [1.29, 1.82) is 0 Å². The van der Waals surface area contributed by atoms with Gasteiger partial charge in [0.2, 0.25) is 0 Å². The van der Waals surface area contributed by atoms with Crippen LogP contribution in [0.25, 0.3) is 10.9 Å². The maximum atomic E-state index is 6.00. The molecule has 106 valence electrons. The van der Waals surface area contributed by atoms with E-state index in [0.717, 1.165) is 10.9 Å². The van der Waals surface area contributed by atoms with Crippen LogP contribution in [0.2, 0.25) is 5.02 Å². The summed E-state index contributed by atoms with van der Waals surface area (Å²) >= 11 is 6.00. The molecule has 0 atom stereocenters. The first-order valence-corrected chi connectivity index (χ1v) is 6.92. The van der Waals surface area contributed by atoms with E-state index >= 15 is 0 Å². The van der Waals surface area contributed by atoms with Crippen LogP contribution in [0.1, 0.15) is 0 Å². The van der Waals surface area contributed by atoms with E-state index in [-0.39, 0.29) is 0 Å². The summed E-state index contributed by atoms with van der Waals surface area (Å²) in [5.41, 5.74) is 0.856. The first-order chi connectivity index (χ1) is 10.3. The quantitative estimate of drug-likeness (QED) is 0.673. The van der Waals surface area contributed by atoms with Crippen molar-refractivity contribution in [3.63, 3.8) is 0 Å². The third kappa shape index (κ3) is 3.41. The number of ether oxygens (including phenoxy) is 2. The topological polar surface area (TPSA) is 44.2 Å². The van der Waals surface area contributed by atoms with Crippen LogP contribution >= 0.6 is 11.6 Å². The third-order valence-corrected chi connectivity index (χ3v) is 3.19. The molecule has 0 spiro atoms. The van der Waals surface area contributed by atoms with Gasteiger partial charge < -0.3 is 9.47 Å². The predicted molar refractivity (Wildman–Crippen MR) is 82.0 cm³/mol. The van der Waals surface area contributed by atoms with Gasteiger partial charge in [-0.05, 0) is 18.2 Å². The van der Waals surface area contributed by atoms with E-state index in [2.05, 4.69) is 9.97 Å². The molecule has 0 unspecified atom stereocenters. The van der Waals surface area contributed by atoms with Gasteiger partial charge in [0, 0.05) is 11.6 Å². The maximum Gasteiger partial charge on any atom is 0.317 e. The highest BCUT2D eigenvalue weighted by Gasteiger charge is 2.02. The van der Waals surface area contributed by atoms with Crippen molar-refractivity contribution in [3.8, 4) is 11.8 Å². The highest BCUT2D eigenvalue weighted by molar-refractivity contribution is 6.32. The molecule has 0 aliphatic rings. The molecule has 3 aromatic rings. The molecular formula is C16H13ClN2O2. The first kappa shape index (κ1) is 13.6. The minimum absolute atomic E-state index is 0.344. The molecule has 0 N–H and O–H groups in total. The van der Waals surface area contributed by atoms with E-state index in [4.69, 9.17) is 21.1 Å². The largest absolute Gasteiger partial charge is 0.488 e. The molecule has 0 aliphatic carbocycles.